The lowest BCUT2D eigenvalue weighted by atomic mass is 10.2. The van der Waals surface area contributed by atoms with Crippen molar-refractivity contribution in [3.8, 4) is 0 Å². The molecule has 1 aromatic rings. The normalized spacial score (nSPS) is 12.4. The lowest BCUT2D eigenvalue weighted by Gasteiger charge is -2.19. The minimum atomic E-state index is -0.116. The largest absolute Gasteiger partial charge is 0.383 e. The molecule has 0 aromatic carbocycles. The van der Waals surface area contributed by atoms with Crippen LogP contribution in [0.4, 0.5) is 5.69 Å². The summed E-state index contributed by atoms with van der Waals surface area (Å²) in [6.07, 6.45) is 3.71. The SMILES string of the molecule is CCCC(COC)Nc1cnn(CC)c(=O)c1Br. The van der Waals surface area contributed by atoms with Gasteiger partial charge in [0.1, 0.15) is 4.47 Å². The van der Waals surface area contributed by atoms with Crippen molar-refractivity contribution in [2.24, 2.45) is 0 Å². The van der Waals surface area contributed by atoms with Gasteiger partial charge in [0.15, 0.2) is 0 Å². The summed E-state index contributed by atoms with van der Waals surface area (Å²) in [7, 11) is 1.67. The number of hydrogen-bond acceptors (Lipinski definition) is 4. The molecule has 1 unspecified atom stereocenters. The first-order valence-electron chi connectivity index (χ1n) is 6.15. The molecule has 0 radical (unpaired) electrons. The Morgan fingerprint density at radius 3 is 2.83 bits per heavy atom. The number of nitrogens with one attached hydrogen (secondary N) is 1. The van der Waals surface area contributed by atoms with E-state index in [-0.39, 0.29) is 11.6 Å². The second-order valence-electron chi connectivity index (χ2n) is 4.08. The van der Waals surface area contributed by atoms with E-state index in [1.165, 1.54) is 4.68 Å². The van der Waals surface area contributed by atoms with E-state index in [2.05, 4.69) is 33.3 Å². The summed E-state index contributed by atoms with van der Waals surface area (Å²) in [5, 5.41) is 7.40. The van der Waals surface area contributed by atoms with Crippen molar-refractivity contribution < 1.29 is 4.74 Å². The van der Waals surface area contributed by atoms with Crippen molar-refractivity contribution in [1.29, 1.82) is 0 Å². The molecular formula is C12H20BrN3O2. The highest BCUT2D eigenvalue weighted by Crippen LogP contribution is 2.18. The number of methoxy groups -OCH3 is 1. The highest BCUT2D eigenvalue weighted by atomic mass is 79.9. The molecule has 1 N–H and O–H groups in total. The molecule has 1 aromatic heterocycles. The molecule has 0 aliphatic carbocycles. The Morgan fingerprint density at radius 2 is 2.28 bits per heavy atom. The van der Waals surface area contributed by atoms with Crippen LogP contribution in [-0.4, -0.2) is 29.5 Å². The van der Waals surface area contributed by atoms with Crippen LogP contribution in [0.15, 0.2) is 15.5 Å². The summed E-state index contributed by atoms with van der Waals surface area (Å²) >= 11 is 3.33. The zero-order chi connectivity index (χ0) is 13.5. The van der Waals surface area contributed by atoms with Gasteiger partial charge in [-0.1, -0.05) is 13.3 Å². The van der Waals surface area contributed by atoms with E-state index in [0.717, 1.165) is 18.5 Å². The van der Waals surface area contributed by atoms with Gasteiger partial charge < -0.3 is 10.1 Å². The van der Waals surface area contributed by atoms with Gasteiger partial charge in [-0.15, -0.1) is 0 Å². The van der Waals surface area contributed by atoms with E-state index in [0.29, 0.717) is 17.6 Å². The zero-order valence-corrected chi connectivity index (χ0v) is 12.7. The van der Waals surface area contributed by atoms with E-state index in [1.54, 1.807) is 13.3 Å². The van der Waals surface area contributed by atoms with Crippen LogP contribution in [0.2, 0.25) is 0 Å². The summed E-state index contributed by atoms with van der Waals surface area (Å²) in [6.45, 7) is 5.18. The van der Waals surface area contributed by atoms with Crippen LogP contribution in [0.25, 0.3) is 0 Å². The first-order valence-corrected chi connectivity index (χ1v) is 6.94. The maximum Gasteiger partial charge on any atom is 0.283 e. The van der Waals surface area contributed by atoms with Gasteiger partial charge in [-0.2, -0.15) is 5.10 Å². The minimum Gasteiger partial charge on any atom is -0.383 e. The van der Waals surface area contributed by atoms with Crippen LogP contribution in [0.5, 0.6) is 0 Å². The smallest absolute Gasteiger partial charge is 0.283 e. The van der Waals surface area contributed by atoms with Crippen molar-refractivity contribution in [1.82, 2.24) is 9.78 Å². The Morgan fingerprint density at radius 1 is 1.56 bits per heavy atom. The second kappa shape index (κ2) is 7.53. The summed E-state index contributed by atoms with van der Waals surface area (Å²) in [4.78, 5) is 11.9. The molecular weight excluding hydrogens is 298 g/mol. The van der Waals surface area contributed by atoms with E-state index >= 15 is 0 Å². The third kappa shape index (κ3) is 3.81. The molecule has 1 heterocycles. The molecule has 0 bridgehead atoms. The van der Waals surface area contributed by atoms with Crippen LogP contribution >= 0.6 is 15.9 Å². The van der Waals surface area contributed by atoms with E-state index < -0.39 is 0 Å². The number of anilines is 1. The monoisotopic (exact) mass is 317 g/mol. The average molecular weight is 318 g/mol. The van der Waals surface area contributed by atoms with Crippen LogP contribution in [0.1, 0.15) is 26.7 Å². The molecule has 102 valence electrons. The van der Waals surface area contributed by atoms with Crippen LogP contribution in [0.3, 0.4) is 0 Å². The predicted octanol–water partition coefficient (Wildman–Crippen LogP) is 2.25. The third-order valence-corrected chi connectivity index (χ3v) is 3.42. The van der Waals surface area contributed by atoms with Crippen molar-refractivity contribution in [3.63, 3.8) is 0 Å². The molecule has 0 aliphatic rings. The van der Waals surface area contributed by atoms with Crippen molar-refractivity contribution in [2.75, 3.05) is 19.0 Å². The van der Waals surface area contributed by atoms with Gasteiger partial charge in [-0.3, -0.25) is 4.79 Å². The lowest BCUT2D eigenvalue weighted by molar-refractivity contribution is 0.182. The highest BCUT2D eigenvalue weighted by Gasteiger charge is 2.12. The molecule has 0 saturated carbocycles. The van der Waals surface area contributed by atoms with Gasteiger partial charge in [-0.25, -0.2) is 4.68 Å². The number of hydrogen-bond donors (Lipinski definition) is 1. The molecule has 1 atom stereocenters. The first kappa shape index (κ1) is 15.2. The summed E-state index contributed by atoms with van der Waals surface area (Å²) in [5.74, 6) is 0. The Balaban J connectivity index is 2.89. The Bertz CT molecular complexity index is 428. The number of nitrogens with zero attached hydrogens (tertiary/aromatic N) is 2. The van der Waals surface area contributed by atoms with Gasteiger partial charge in [0, 0.05) is 19.7 Å². The number of aryl methyl sites for hydroxylation is 1. The van der Waals surface area contributed by atoms with Gasteiger partial charge in [0.05, 0.1) is 18.5 Å². The number of ether oxygens (including phenoxy) is 1. The Kier molecular flexibility index (Phi) is 6.35. The number of rotatable bonds is 7. The van der Waals surface area contributed by atoms with Crippen LogP contribution in [-0.2, 0) is 11.3 Å². The molecule has 6 heteroatoms. The topological polar surface area (TPSA) is 56.1 Å². The average Bonchev–Trinajstić information content (AvgIpc) is 2.36. The quantitative estimate of drug-likeness (QED) is 0.838. The van der Waals surface area contributed by atoms with Gasteiger partial charge in [0.25, 0.3) is 5.56 Å². The molecule has 0 aliphatic heterocycles. The summed E-state index contributed by atoms with van der Waals surface area (Å²) < 4.78 is 7.10. The first-order chi connectivity index (χ1) is 8.63. The number of aromatic nitrogens is 2. The standard InChI is InChI=1S/C12H20BrN3O2/c1-4-6-9(8-18-3)15-10-7-14-16(5-2)12(17)11(10)13/h7,9,15H,4-6,8H2,1-3H3. The lowest BCUT2D eigenvalue weighted by Crippen LogP contribution is -2.28. The van der Waals surface area contributed by atoms with Crippen molar-refractivity contribution >= 4 is 21.6 Å². The maximum atomic E-state index is 11.9. The van der Waals surface area contributed by atoms with E-state index in [9.17, 15) is 4.79 Å². The summed E-state index contributed by atoms with van der Waals surface area (Å²) in [6, 6.07) is 0.190. The van der Waals surface area contributed by atoms with E-state index in [1.807, 2.05) is 6.92 Å². The molecule has 1 rings (SSSR count). The molecule has 0 fully saturated rings. The van der Waals surface area contributed by atoms with Crippen LogP contribution < -0.4 is 10.9 Å². The molecule has 0 spiro atoms. The van der Waals surface area contributed by atoms with Gasteiger partial charge in [-0.05, 0) is 29.3 Å². The fraction of sp³-hybridized carbons (Fsp3) is 0.667. The van der Waals surface area contributed by atoms with Gasteiger partial charge >= 0.3 is 0 Å². The maximum absolute atomic E-state index is 11.9. The van der Waals surface area contributed by atoms with Crippen molar-refractivity contribution in [2.45, 2.75) is 39.3 Å². The Labute approximate surface area is 116 Å². The van der Waals surface area contributed by atoms with Crippen molar-refractivity contribution in [3.05, 3.63) is 21.0 Å². The van der Waals surface area contributed by atoms with Crippen LogP contribution in [0, 0.1) is 0 Å². The molecule has 0 amide bonds. The fourth-order valence-corrected chi connectivity index (χ4v) is 2.18. The fourth-order valence-electron chi connectivity index (χ4n) is 1.76. The zero-order valence-electron chi connectivity index (χ0n) is 11.1. The molecule has 18 heavy (non-hydrogen) atoms. The summed E-state index contributed by atoms with van der Waals surface area (Å²) in [5.41, 5.74) is 0.607. The molecule has 5 nitrogen and oxygen atoms in total. The third-order valence-electron chi connectivity index (χ3n) is 2.65. The Hall–Kier alpha value is -0.880. The van der Waals surface area contributed by atoms with Gasteiger partial charge in [0.2, 0.25) is 0 Å². The molecule has 0 saturated heterocycles. The second-order valence-corrected chi connectivity index (χ2v) is 4.87. The highest BCUT2D eigenvalue weighted by molar-refractivity contribution is 9.10. The predicted molar refractivity (Wildman–Crippen MR) is 76.1 cm³/mol. The number of halogens is 1. The van der Waals surface area contributed by atoms with E-state index in [4.69, 9.17) is 4.74 Å². The minimum absolute atomic E-state index is 0.116.